The van der Waals surface area contributed by atoms with Crippen molar-refractivity contribution >= 4 is 10.1 Å². The second-order valence-corrected chi connectivity index (χ2v) is 6.70. The van der Waals surface area contributed by atoms with E-state index in [9.17, 15) is 8.42 Å². The molecule has 2 aromatic rings. The Kier molecular flexibility index (Phi) is 3.90. The average molecular weight is 316 g/mol. The molecule has 0 saturated carbocycles. The van der Waals surface area contributed by atoms with E-state index in [1.165, 1.54) is 12.1 Å². The predicted molar refractivity (Wildman–Crippen MR) is 83.0 cm³/mol. The summed E-state index contributed by atoms with van der Waals surface area (Å²) in [6, 6.07) is 13.5. The van der Waals surface area contributed by atoms with Crippen LogP contribution in [0, 0.1) is 6.92 Å². The fourth-order valence-corrected chi connectivity index (χ4v) is 3.15. The molecule has 1 atom stereocenters. The molecular weight excluding hydrogens is 300 g/mol. The molecule has 1 heterocycles. The van der Waals surface area contributed by atoms with Gasteiger partial charge in [0.15, 0.2) is 0 Å². The summed E-state index contributed by atoms with van der Waals surface area (Å²) in [5.41, 5.74) is 1.98. The molecule has 114 valence electrons. The Morgan fingerprint density at radius 1 is 1.05 bits per heavy atom. The highest BCUT2D eigenvalue weighted by atomic mass is 32.2. The summed E-state index contributed by atoms with van der Waals surface area (Å²) in [6.45, 7) is 1.90. The zero-order chi connectivity index (χ0) is 15.6. The van der Waals surface area contributed by atoms with Crippen LogP contribution in [0.15, 0.2) is 65.8 Å². The van der Waals surface area contributed by atoms with Gasteiger partial charge in [-0.2, -0.15) is 8.42 Å². The Hall–Kier alpha value is -2.27. The molecule has 1 aliphatic heterocycles. The lowest BCUT2D eigenvalue weighted by Crippen LogP contribution is -2.09. The van der Waals surface area contributed by atoms with Crippen molar-refractivity contribution < 1.29 is 17.3 Å². The monoisotopic (exact) mass is 316 g/mol. The van der Waals surface area contributed by atoms with E-state index in [4.69, 9.17) is 8.92 Å². The van der Waals surface area contributed by atoms with Crippen LogP contribution in [0.3, 0.4) is 0 Å². The maximum atomic E-state index is 12.2. The Balaban J connectivity index is 1.76. The van der Waals surface area contributed by atoms with Crippen LogP contribution in [0.2, 0.25) is 0 Å². The first kappa shape index (κ1) is 14.7. The summed E-state index contributed by atoms with van der Waals surface area (Å²) in [6.07, 6.45) is 4.46. The summed E-state index contributed by atoms with van der Waals surface area (Å²) < 4.78 is 35.0. The van der Waals surface area contributed by atoms with Gasteiger partial charge in [0, 0.05) is 6.42 Å². The largest absolute Gasteiger partial charge is 0.493 e. The van der Waals surface area contributed by atoms with Crippen LogP contribution in [0.4, 0.5) is 0 Å². The third-order valence-electron chi connectivity index (χ3n) is 3.46. The number of aryl methyl sites for hydroxylation is 1. The SMILES string of the molecule is Cc1ccc(S(=O)(=O)Oc2ccc(C3CC=CO3)cc2)cc1. The molecule has 0 spiro atoms. The van der Waals surface area contributed by atoms with Gasteiger partial charge in [-0.25, -0.2) is 0 Å². The van der Waals surface area contributed by atoms with Gasteiger partial charge >= 0.3 is 10.1 Å². The van der Waals surface area contributed by atoms with E-state index in [0.29, 0.717) is 0 Å². The number of rotatable bonds is 4. The molecule has 2 aromatic carbocycles. The van der Waals surface area contributed by atoms with E-state index in [-0.39, 0.29) is 16.7 Å². The van der Waals surface area contributed by atoms with Crippen molar-refractivity contribution in [2.45, 2.75) is 24.3 Å². The van der Waals surface area contributed by atoms with Gasteiger partial charge in [-0.15, -0.1) is 0 Å². The second kappa shape index (κ2) is 5.85. The van der Waals surface area contributed by atoms with Crippen molar-refractivity contribution in [3.05, 3.63) is 72.0 Å². The molecule has 0 aliphatic carbocycles. The van der Waals surface area contributed by atoms with Crippen molar-refractivity contribution in [2.75, 3.05) is 0 Å². The smallest absolute Gasteiger partial charge is 0.339 e. The van der Waals surface area contributed by atoms with E-state index in [1.54, 1.807) is 30.5 Å². The van der Waals surface area contributed by atoms with E-state index < -0.39 is 10.1 Å². The number of hydrogen-bond acceptors (Lipinski definition) is 4. The lowest BCUT2D eigenvalue weighted by molar-refractivity contribution is 0.173. The summed E-state index contributed by atoms with van der Waals surface area (Å²) in [7, 11) is -3.81. The molecule has 0 saturated heterocycles. The Morgan fingerprint density at radius 2 is 1.73 bits per heavy atom. The van der Waals surface area contributed by atoms with Crippen LogP contribution >= 0.6 is 0 Å². The van der Waals surface area contributed by atoms with Gasteiger partial charge < -0.3 is 8.92 Å². The molecule has 0 N–H and O–H groups in total. The summed E-state index contributed by atoms with van der Waals surface area (Å²) in [4.78, 5) is 0.144. The first-order valence-corrected chi connectivity index (χ1v) is 8.37. The van der Waals surface area contributed by atoms with Gasteiger partial charge in [-0.05, 0) is 42.8 Å². The molecule has 0 amide bonds. The second-order valence-electron chi connectivity index (χ2n) is 5.15. The van der Waals surface area contributed by atoms with Crippen LogP contribution in [0.5, 0.6) is 5.75 Å². The van der Waals surface area contributed by atoms with Gasteiger partial charge in [-0.3, -0.25) is 0 Å². The molecule has 0 fully saturated rings. The zero-order valence-corrected chi connectivity index (χ0v) is 12.9. The van der Waals surface area contributed by atoms with Crippen LogP contribution < -0.4 is 4.18 Å². The first-order chi connectivity index (χ1) is 10.5. The number of benzene rings is 2. The number of hydrogen-bond donors (Lipinski definition) is 0. The minimum Gasteiger partial charge on any atom is -0.493 e. The molecule has 22 heavy (non-hydrogen) atoms. The third-order valence-corrected chi connectivity index (χ3v) is 4.72. The van der Waals surface area contributed by atoms with Crippen molar-refractivity contribution in [3.63, 3.8) is 0 Å². The fraction of sp³-hybridized carbons (Fsp3) is 0.176. The van der Waals surface area contributed by atoms with Gasteiger partial charge in [-0.1, -0.05) is 29.8 Å². The lowest BCUT2D eigenvalue weighted by Gasteiger charge is -2.12. The van der Waals surface area contributed by atoms with Gasteiger partial charge in [0.2, 0.25) is 0 Å². The molecule has 4 nitrogen and oxygen atoms in total. The highest BCUT2D eigenvalue weighted by Crippen LogP contribution is 2.28. The highest BCUT2D eigenvalue weighted by Gasteiger charge is 2.18. The average Bonchev–Trinajstić information content (AvgIpc) is 3.02. The van der Waals surface area contributed by atoms with Gasteiger partial charge in [0.1, 0.15) is 16.7 Å². The van der Waals surface area contributed by atoms with E-state index in [0.717, 1.165) is 17.5 Å². The molecule has 1 unspecified atom stereocenters. The van der Waals surface area contributed by atoms with Crippen LogP contribution in [-0.4, -0.2) is 8.42 Å². The molecule has 0 aromatic heterocycles. The van der Waals surface area contributed by atoms with E-state index in [2.05, 4.69) is 0 Å². The first-order valence-electron chi connectivity index (χ1n) is 6.96. The van der Waals surface area contributed by atoms with Crippen LogP contribution in [0.25, 0.3) is 0 Å². The summed E-state index contributed by atoms with van der Waals surface area (Å²) in [5.74, 6) is 0.287. The summed E-state index contributed by atoms with van der Waals surface area (Å²) in [5, 5.41) is 0. The third kappa shape index (κ3) is 3.14. The van der Waals surface area contributed by atoms with Gasteiger partial charge in [0.25, 0.3) is 0 Å². The van der Waals surface area contributed by atoms with Crippen molar-refractivity contribution in [1.29, 1.82) is 0 Å². The predicted octanol–water partition coefficient (Wildman–Crippen LogP) is 3.74. The molecule has 0 radical (unpaired) electrons. The maximum absolute atomic E-state index is 12.2. The molecular formula is C17H16O4S. The minimum absolute atomic E-state index is 0.00255. The topological polar surface area (TPSA) is 52.6 Å². The maximum Gasteiger partial charge on any atom is 0.339 e. The molecule has 0 bridgehead atoms. The van der Waals surface area contributed by atoms with E-state index in [1.807, 2.05) is 25.1 Å². The lowest BCUT2D eigenvalue weighted by atomic mass is 10.1. The van der Waals surface area contributed by atoms with E-state index >= 15 is 0 Å². The number of ether oxygens (including phenoxy) is 1. The van der Waals surface area contributed by atoms with Crippen LogP contribution in [-0.2, 0) is 14.9 Å². The highest BCUT2D eigenvalue weighted by molar-refractivity contribution is 7.87. The van der Waals surface area contributed by atoms with Gasteiger partial charge in [0.05, 0.1) is 6.26 Å². The standard InChI is InChI=1S/C17H16O4S/c1-13-4-10-16(11-5-13)22(18,19)21-15-8-6-14(7-9-15)17-3-2-12-20-17/h2,4-12,17H,3H2,1H3. The zero-order valence-electron chi connectivity index (χ0n) is 12.1. The molecule has 1 aliphatic rings. The Morgan fingerprint density at radius 3 is 2.32 bits per heavy atom. The van der Waals surface area contributed by atoms with Crippen molar-refractivity contribution in [3.8, 4) is 5.75 Å². The Labute approximate surface area is 130 Å². The van der Waals surface area contributed by atoms with Crippen molar-refractivity contribution in [2.24, 2.45) is 0 Å². The minimum atomic E-state index is -3.81. The molecule has 5 heteroatoms. The Bertz CT molecular complexity index is 766. The normalized spacial score (nSPS) is 17.2. The molecule has 3 rings (SSSR count). The quantitative estimate of drug-likeness (QED) is 0.806. The summed E-state index contributed by atoms with van der Waals surface area (Å²) >= 11 is 0. The van der Waals surface area contributed by atoms with Crippen LogP contribution in [0.1, 0.15) is 23.7 Å². The van der Waals surface area contributed by atoms with Crippen molar-refractivity contribution in [1.82, 2.24) is 0 Å². The fourth-order valence-electron chi connectivity index (χ4n) is 2.22.